The molecule has 0 aromatic rings. The molecule has 0 radical (unpaired) electrons. The first-order valence-electron chi connectivity index (χ1n) is 15.2. The summed E-state index contributed by atoms with van der Waals surface area (Å²) in [7, 11) is 0. The summed E-state index contributed by atoms with van der Waals surface area (Å²) in [6.07, 6.45) is -8.16. The number of fused-ring (bicyclic) bond motifs is 4. The van der Waals surface area contributed by atoms with Gasteiger partial charge in [0.25, 0.3) is 0 Å². The Bertz CT molecular complexity index is 1360. The quantitative estimate of drug-likeness (QED) is 0.189. The molecule has 0 unspecified atom stereocenters. The van der Waals surface area contributed by atoms with Crippen LogP contribution in [0.25, 0.3) is 0 Å². The van der Waals surface area contributed by atoms with E-state index >= 15 is 0 Å². The number of rotatable bonds is 6. The smallest absolute Gasteiger partial charge is 0.303 e. The summed E-state index contributed by atoms with van der Waals surface area (Å²) in [5.41, 5.74) is -5.89. The van der Waals surface area contributed by atoms with Crippen molar-refractivity contribution in [1.29, 1.82) is 0 Å². The van der Waals surface area contributed by atoms with Gasteiger partial charge in [-0.05, 0) is 18.1 Å². The molecule has 1 saturated heterocycles. The van der Waals surface area contributed by atoms with Gasteiger partial charge in [0.1, 0.15) is 35.6 Å². The van der Waals surface area contributed by atoms with Crippen molar-refractivity contribution in [3.8, 4) is 0 Å². The first-order valence-corrected chi connectivity index (χ1v) is 15.2. The lowest BCUT2D eigenvalue weighted by atomic mass is 9.45. The van der Waals surface area contributed by atoms with E-state index in [1.807, 2.05) is 0 Å². The summed E-state index contributed by atoms with van der Waals surface area (Å²) in [6, 6.07) is 0. The predicted molar refractivity (Wildman–Crippen MR) is 154 cm³/mol. The summed E-state index contributed by atoms with van der Waals surface area (Å²) in [4.78, 5) is 76.1. The van der Waals surface area contributed by atoms with Gasteiger partial charge in [0.05, 0.1) is 12.0 Å². The Hall–Kier alpha value is -3.52. The Morgan fingerprint density at radius 1 is 0.696 bits per heavy atom. The van der Waals surface area contributed by atoms with Gasteiger partial charge in [0, 0.05) is 65.7 Å². The van der Waals surface area contributed by atoms with Crippen molar-refractivity contribution >= 4 is 35.8 Å². The van der Waals surface area contributed by atoms with Crippen molar-refractivity contribution in [3.63, 3.8) is 0 Å². The average Bonchev–Trinajstić information content (AvgIpc) is 3.67. The molecule has 1 aliphatic heterocycles. The zero-order valence-electron chi connectivity index (χ0n) is 27.9. The highest BCUT2D eigenvalue weighted by atomic mass is 16.6. The van der Waals surface area contributed by atoms with E-state index < -0.39 is 100 Å². The molecule has 3 fully saturated rings. The van der Waals surface area contributed by atoms with E-state index in [0.717, 1.165) is 13.8 Å². The van der Waals surface area contributed by atoms with Crippen molar-refractivity contribution in [3.05, 3.63) is 11.1 Å². The number of hydrogen-bond acceptors (Lipinski definition) is 14. The van der Waals surface area contributed by atoms with Crippen LogP contribution in [0.5, 0.6) is 0 Å². The lowest BCUT2D eigenvalue weighted by Gasteiger charge is -2.64. The summed E-state index contributed by atoms with van der Waals surface area (Å²) >= 11 is 0. The molecule has 1 spiro atoms. The van der Waals surface area contributed by atoms with Crippen molar-refractivity contribution in [1.82, 2.24) is 0 Å². The van der Waals surface area contributed by atoms with Crippen molar-refractivity contribution < 1.29 is 67.0 Å². The van der Waals surface area contributed by atoms with Crippen LogP contribution in [0.4, 0.5) is 0 Å². The predicted octanol–water partition coefficient (Wildman–Crippen LogP) is 1.86. The van der Waals surface area contributed by atoms with Gasteiger partial charge in [-0.15, -0.1) is 0 Å². The second kappa shape index (κ2) is 11.9. The van der Waals surface area contributed by atoms with Gasteiger partial charge in [-0.25, -0.2) is 0 Å². The van der Waals surface area contributed by atoms with E-state index in [0.29, 0.717) is 5.57 Å². The molecule has 14 nitrogen and oxygen atoms in total. The molecule has 4 rings (SSSR count). The minimum absolute atomic E-state index is 0.0353. The lowest BCUT2D eigenvalue weighted by molar-refractivity contribution is -0.284. The summed E-state index contributed by atoms with van der Waals surface area (Å²) in [5.74, 6) is -5.60. The molecule has 0 aromatic carbocycles. The molecule has 3 aliphatic carbocycles. The number of hydrogen-bond donors (Lipinski definition) is 1. The second-order valence-electron chi connectivity index (χ2n) is 13.6. The molecular weight excluding hydrogens is 608 g/mol. The topological polar surface area (TPSA) is 191 Å². The van der Waals surface area contributed by atoms with E-state index in [2.05, 4.69) is 0 Å². The largest absolute Gasteiger partial charge is 0.462 e. The van der Waals surface area contributed by atoms with Gasteiger partial charge in [-0.3, -0.25) is 28.8 Å². The fourth-order valence-electron chi connectivity index (χ4n) is 8.43. The standard InChI is InChI=1S/C32H44O14/c1-14-21(41-15(2)33)12-32(39)28(46-20(7)38)26-30(10,22(42-16(3)34)11-23(43-17(4)35)31(26)13-40-31)27(45-19(6)37)25(44-18(5)36)24(14)29(32,8)9/h21-23,25-28,39H,11-13H2,1-10H3/t21-,22-,23-,25+,26-,27-,28-,30+,31+,32+/m0/s1. The van der Waals surface area contributed by atoms with E-state index in [1.165, 1.54) is 27.7 Å². The fraction of sp³-hybridized carbons (Fsp3) is 0.750. The van der Waals surface area contributed by atoms with Gasteiger partial charge >= 0.3 is 35.8 Å². The maximum Gasteiger partial charge on any atom is 0.303 e. The van der Waals surface area contributed by atoms with E-state index in [-0.39, 0.29) is 25.0 Å². The first-order chi connectivity index (χ1) is 21.1. The highest BCUT2D eigenvalue weighted by molar-refractivity contribution is 5.70. The number of esters is 6. The monoisotopic (exact) mass is 652 g/mol. The molecule has 2 saturated carbocycles. The van der Waals surface area contributed by atoms with Crippen LogP contribution in [0.1, 0.15) is 82.1 Å². The van der Waals surface area contributed by atoms with Crippen LogP contribution < -0.4 is 0 Å². The van der Waals surface area contributed by atoms with Gasteiger partial charge in [-0.2, -0.15) is 0 Å². The number of aliphatic hydroxyl groups is 1. The molecule has 1 heterocycles. The molecule has 256 valence electrons. The molecule has 10 atom stereocenters. The Morgan fingerprint density at radius 3 is 1.61 bits per heavy atom. The molecule has 1 N–H and O–H groups in total. The minimum Gasteiger partial charge on any atom is -0.462 e. The Morgan fingerprint density at radius 2 is 1.15 bits per heavy atom. The van der Waals surface area contributed by atoms with E-state index in [1.54, 1.807) is 27.7 Å². The molecule has 0 aromatic heterocycles. The third kappa shape index (κ3) is 5.67. The summed E-state index contributed by atoms with van der Waals surface area (Å²) < 4.78 is 41.5. The number of carbonyl (C=O) groups is 6. The molecule has 14 heteroatoms. The van der Waals surface area contributed by atoms with Crippen LogP contribution in [0.15, 0.2) is 11.1 Å². The first kappa shape index (κ1) is 35.3. The van der Waals surface area contributed by atoms with Crippen LogP contribution in [0.3, 0.4) is 0 Å². The van der Waals surface area contributed by atoms with Crippen molar-refractivity contribution in [2.24, 2.45) is 16.7 Å². The SMILES string of the molecule is CC(=O)O[C@H]1C[C@@]2(O)[C@@H](OC(C)=O)[C@@H]3[C@@]4(CO4)[C@@H](OC(C)=O)C[C@H](OC(C)=O)[C@@]3(C)[C@@H](OC(C)=O)[C@H](OC(C)=O)C(=C1C)C2(C)C. The minimum atomic E-state index is -2.09. The molecule has 2 bridgehead atoms. The van der Waals surface area contributed by atoms with Crippen molar-refractivity contribution in [2.45, 2.75) is 130 Å². The van der Waals surface area contributed by atoms with Crippen LogP contribution in [-0.2, 0) is 61.9 Å². The van der Waals surface area contributed by atoms with E-state index in [9.17, 15) is 33.9 Å². The highest BCUT2D eigenvalue weighted by Crippen LogP contribution is 2.67. The van der Waals surface area contributed by atoms with Crippen LogP contribution >= 0.6 is 0 Å². The third-order valence-electron chi connectivity index (χ3n) is 10.3. The summed E-state index contributed by atoms with van der Waals surface area (Å²) in [6.45, 7) is 13.6. The molecule has 46 heavy (non-hydrogen) atoms. The van der Waals surface area contributed by atoms with Gasteiger partial charge in [0.2, 0.25) is 0 Å². The average molecular weight is 653 g/mol. The Labute approximate surface area is 267 Å². The normalized spacial score (nSPS) is 39.1. The number of ether oxygens (including phenoxy) is 7. The number of epoxide rings is 1. The Kier molecular flexibility index (Phi) is 9.16. The Balaban J connectivity index is 2.20. The molecule has 0 amide bonds. The summed E-state index contributed by atoms with van der Waals surface area (Å²) in [5, 5.41) is 13.1. The fourth-order valence-corrected chi connectivity index (χ4v) is 8.43. The van der Waals surface area contributed by atoms with Crippen LogP contribution in [-0.4, -0.2) is 95.4 Å². The van der Waals surface area contributed by atoms with Crippen LogP contribution in [0, 0.1) is 16.7 Å². The maximum atomic E-state index is 13.1. The van der Waals surface area contributed by atoms with Crippen LogP contribution in [0.2, 0.25) is 0 Å². The molecule has 4 aliphatic rings. The number of carbonyl (C=O) groups excluding carboxylic acids is 6. The zero-order valence-corrected chi connectivity index (χ0v) is 27.9. The maximum absolute atomic E-state index is 13.1. The zero-order chi connectivity index (χ0) is 34.7. The lowest BCUT2D eigenvalue weighted by Crippen LogP contribution is -2.76. The second-order valence-corrected chi connectivity index (χ2v) is 13.6. The van der Waals surface area contributed by atoms with Crippen molar-refractivity contribution in [2.75, 3.05) is 6.61 Å². The van der Waals surface area contributed by atoms with Gasteiger partial charge < -0.3 is 38.3 Å². The van der Waals surface area contributed by atoms with Gasteiger partial charge in [-0.1, -0.05) is 20.8 Å². The van der Waals surface area contributed by atoms with E-state index in [4.69, 9.17) is 33.2 Å². The molecular formula is C32H44O14. The third-order valence-corrected chi connectivity index (χ3v) is 10.3. The van der Waals surface area contributed by atoms with Gasteiger partial charge in [0.15, 0.2) is 12.2 Å². The highest BCUT2D eigenvalue weighted by Gasteiger charge is 2.80.